The second-order valence-electron chi connectivity index (χ2n) is 4.70. The van der Waals surface area contributed by atoms with Crippen LogP contribution >= 0.6 is 11.6 Å². The maximum atomic E-state index is 9.26. The van der Waals surface area contributed by atoms with Crippen molar-refractivity contribution in [3.05, 3.63) is 29.3 Å². The summed E-state index contributed by atoms with van der Waals surface area (Å²) in [5, 5.41) is 13.2. The minimum absolute atomic E-state index is 0.508. The van der Waals surface area contributed by atoms with Crippen LogP contribution in [0, 0.1) is 17.2 Å². The zero-order chi connectivity index (χ0) is 11.6. The fraction of sp³-hybridized carbons (Fsp3) is 0.462. The maximum Gasteiger partial charge on any atom is 0.122 e. The molecule has 1 aromatic carbocycles. The van der Waals surface area contributed by atoms with E-state index in [1.165, 1.54) is 12.8 Å². The van der Waals surface area contributed by atoms with Gasteiger partial charge in [0.05, 0.1) is 16.8 Å². The van der Waals surface area contributed by atoms with Crippen molar-refractivity contribution in [2.24, 2.45) is 5.92 Å². The third kappa shape index (κ3) is 2.68. The highest BCUT2D eigenvalue weighted by atomic mass is 35.5. The van der Waals surface area contributed by atoms with Gasteiger partial charge in [0.2, 0.25) is 0 Å². The molecule has 2 rings (SSSR count). The second kappa shape index (κ2) is 4.35. The minimum Gasteiger partial charge on any atom is -0.366 e. The van der Waals surface area contributed by atoms with E-state index in [4.69, 9.17) is 11.6 Å². The Bertz CT molecular complexity index is 420. The Morgan fingerprint density at radius 1 is 1.50 bits per heavy atom. The molecule has 0 radical (unpaired) electrons. The number of nitriles is 1. The van der Waals surface area contributed by atoms with Crippen LogP contribution in [0.2, 0.25) is 5.02 Å². The van der Waals surface area contributed by atoms with Crippen LogP contribution in [0.3, 0.4) is 0 Å². The molecular formula is C13H15ClN2. The highest BCUT2D eigenvalue weighted by Crippen LogP contribution is 2.38. The first-order valence-corrected chi connectivity index (χ1v) is 5.95. The predicted octanol–water partition coefficient (Wildman–Crippen LogP) is 3.83. The van der Waals surface area contributed by atoms with Gasteiger partial charge in [-0.25, -0.2) is 0 Å². The molecule has 0 aliphatic heterocycles. The standard InChI is InChI=1S/C13H15ClN2/c1-13(9-15,8-10-6-7-10)16-12-5-3-2-4-11(12)14/h2-5,10,16H,6-8H2,1H3. The van der Waals surface area contributed by atoms with Gasteiger partial charge in [0.25, 0.3) is 0 Å². The molecule has 84 valence electrons. The molecule has 1 N–H and O–H groups in total. The van der Waals surface area contributed by atoms with Crippen LogP contribution in [0.25, 0.3) is 0 Å². The van der Waals surface area contributed by atoms with Crippen molar-refractivity contribution in [3.8, 4) is 6.07 Å². The molecule has 0 saturated heterocycles. The summed E-state index contributed by atoms with van der Waals surface area (Å²) in [6.45, 7) is 1.94. The van der Waals surface area contributed by atoms with E-state index in [1.807, 2.05) is 31.2 Å². The van der Waals surface area contributed by atoms with Gasteiger partial charge in [0.1, 0.15) is 5.54 Å². The first-order valence-electron chi connectivity index (χ1n) is 5.57. The van der Waals surface area contributed by atoms with Crippen LogP contribution in [-0.4, -0.2) is 5.54 Å². The average Bonchev–Trinajstić information content (AvgIpc) is 3.05. The van der Waals surface area contributed by atoms with Crippen LogP contribution in [0.1, 0.15) is 26.2 Å². The van der Waals surface area contributed by atoms with Crippen LogP contribution in [0.5, 0.6) is 0 Å². The molecule has 0 spiro atoms. The minimum atomic E-state index is -0.508. The number of hydrogen-bond donors (Lipinski definition) is 1. The zero-order valence-corrected chi connectivity index (χ0v) is 10.1. The van der Waals surface area contributed by atoms with Crippen LogP contribution in [0.15, 0.2) is 24.3 Å². The van der Waals surface area contributed by atoms with E-state index in [0.717, 1.165) is 12.1 Å². The van der Waals surface area contributed by atoms with Crippen LogP contribution in [-0.2, 0) is 0 Å². The summed E-state index contributed by atoms with van der Waals surface area (Å²) in [7, 11) is 0. The number of halogens is 1. The first kappa shape index (κ1) is 11.3. The first-order chi connectivity index (χ1) is 7.63. The van der Waals surface area contributed by atoms with Crippen molar-refractivity contribution in [1.82, 2.24) is 0 Å². The Morgan fingerprint density at radius 2 is 2.19 bits per heavy atom. The maximum absolute atomic E-state index is 9.26. The van der Waals surface area contributed by atoms with Gasteiger partial charge in [0.15, 0.2) is 0 Å². The normalized spacial score (nSPS) is 18.6. The molecule has 0 aromatic heterocycles. The van der Waals surface area contributed by atoms with Gasteiger partial charge in [-0.3, -0.25) is 0 Å². The Labute approximate surface area is 101 Å². The molecular weight excluding hydrogens is 220 g/mol. The molecule has 2 nitrogen and oxygen atoms in total. The van der Waals surface area contributed by atoms with Crippen molar-refractivity contribution >= 4 is 17.3 Å². The number of anilines is 1. The fourth-order valence-corrected chi connectivity index (χ4v) is 2.07. The van der Waals surface area contributed by atoms with E-state index in [9.17, 15) is 5.26 Å². The SMILES string of the molecule is CC(C#N)(CC1CC1)Nc1ccccc1Cl. The Hall–Kier alpha value is -1.20. The quantitative estimate of drug-likeness (QED) is 0.860. The Balaban J connectivity index is 2.11. The van der Waals surface area contributed by atoms with Gasteiger partial charge < -0.3 is 5.32 Å². The monoisotopic (exact) mass is 234 g/mol. The largest absolute Gasteiger partial charge is 0.366 e. The van der Waals surface area contributed by atoms with E-state index >= 15 is 0 Å². The molecule has 1 aliphatic carbocycles. The molecule has 0 amide bonds. The fourth-order valence-electron chi connectivity index (χ4n) is 1.88. The number of hydrogen-bond acceptors (Lipinski definition) is 2. The molecule has 16 heavy (non-hydrogen) atoms. The van der Waals surface area contributed by atoms with Gasteiger partial charge in [-0.1, -0.05) is 36.6 Å². The van der Waals surface area contributed by atoms with E-state index < -0.39 is 5.54 Å². The Kier molecular flexibility index (Phi) is 3.07. The summed E-state index contributed by atoms with van der Waals surface area (Å²) in [4.78, 5) is 0. The van der Waals surface area contributed by atoms with Gasteiger partial charge in [0, 0.05) is 0 Å². The summed E-state index contributed by atoms with van der Waals surface area (Å²) >= 11 is 6.07. The lowest BCUT2D eigenvalue weighted by molar-refractivity contribution is 0.544. The van der Waals surface area contributed by atoms with E-state index in [-0.39, 0.29) is 0 Å². The van der Waals surface area contributed by atoms with Crippen molar-refractivity contribution in [2.75, 3.05) is 5.32 Å². The summed E-state index contributed by atoms with van der Waals surface area (Å²) in [6, 6.07) is 9.90. The third-order valence-corrected chi connectivity index (χ3v) is 3.25. The van der Waals surface area contributed by atoms with E-state index in [1.54, 1.807) is 0 Å². The molecule has 1 aromatic rings. The lowest BCUT2D eigenvalue weighted by Crippen LogP contribution is -2.33. The summed E-state index contributed by atoms with van der Waals surface area (Å²) in [6.07, 6.45) is 3.40. The number of benzene rings is 1. The third-order valence-electron chi connectivity index (χ3n) is 2.93. The zero-order valence-electron chi connectivity index (χ0n) is 9.33. The molecule has 0 heterocycles. The van der Waals surface area contributed by atoms with Crippen molar-refractivity contribution in [2.45, 2.75) is 31.7 Å². The molecule has 1 unspecified atom stereocenters. The summed E-state index contributed by atoms with van der Waals surface area (Å²) in [5.74, 6) is 0.708. The number of para-hydroxylation sites is 1. The number of nitrogens with one attached hydrogen (secondary N) is 1. The van der Waals surface area contributed by atoms with E-state index in [0.29, 0.717) is 10.9 Å². The highest BCUT2D eigenvalue weighted by molar-refractivity contribution is 6.33. The summed E-state index contributed by atoms with van der Waals surface area (Å²) < 4.78 is 0. The lowest BCUT2D eigenvalue weighted by atomic mass is 9.96. The molecule has 1 aliphatic rings. The number of rotatable bonds is 4. The molecule has 1 saturated carbocycles. The van der Waals surface area contributed by atoms with Crippen molar-refractivity contribution < 1.29 is 0 Å². The van der Waals surface area contributed by atoms with Gasteiger partial charge in [-0.15, -0.1) is 0 Å². The molecule has 3 heteroatoms. The topological polar surface area (TPSA) is 35.8 Å². The van der Waals surface area contributed by atoms with Crippen molar-refractivity contribution in [1.29, 1.82) is 5.26 Å². The predicted molar refractivity (Wildman–Crippen MR) is 66.4 cm³/mol. The Morgan fingerprint density at radius 3 is 2.75 bits per heavy atom. The summed E-state index contributed by atoms with van der Waals surface area (Å²) in [5.41, 5.74) is 0.334. The van der Waals surface area contributed by atoms with Crippen LogP contribution in [0.4, 0.5) is 5.69 Å². The molecule has 1 atom stereocenters. The average molecular weight is 235 g/mol. The highest BCUT2D eigenvalue weighted by Gasteiger charge is 2.33. The smallest absolute Gasteiger partial charge is 0.122 e. The molecule has 1 fully saturated rings. The number of nitrogens with zero attached hydrogens (tertiary/aromatic N) is 1. The van der Waals surface area contributed by atoms with E-state index in [2.05, 4.69) is 11.4 Å². The van der Waals surface area contributed by atoms with Crippen molar-refractivity contribution in [3.63, 3.8) is 0 Å². The van der Waals surface area contributed by atoms with Gasteiger partial charge in [-0.2, -0.15) is 5.26 Å². The van der Waals surface area contributed by atoms with Gasteiger partial charge in [-0.05, 0) is 31.4 Å². The van der Waals surface area contributed by atoms with Gasteiger partial charge >= 0.3 is 0 Å². The van der Waals surface area contributed by atoms with Crippen LogP contribution < -0.4 is 5.32 Å². The lowest BCUT2D eigenvalue weighted by Gasteiger charge is -2.25. The molecule has 0 bridgehead atoms. The second-order valence-corrected chi connectivity index (χ2v) is 5.10.